The zero-order chi connectivity index (χ0) is 24.2. The van der Waals surface area contributed by atoms with Crippen LogP contribution in [-0.4, -0.2) is 46.9 Å². The quantitative estimate of drug-likeness (QED) is 0.490. The Morgan fingerprint density at radius 2 is 1.33 bits per heavy atom. The van der Waals surface area contributed by atoms with Crippen LogP contribution >= 0.6 is 0 Å². The largest absolute Gasteiger partial charge is 0.378 e. The molecule has 1 amide bonds. The van der Waals surface area contributed by atoms with E-state index < -0.39 is 10.0 Å². The van der Waals surface area contributed by atoms with Crippen molar-refractivity contribution in [3.8, 4) is 0 Å². The second-order valence-corrected chi connectivity index (χ2v) is 10.2. The number of nitrogens with zero attached hydrogens (tertiary/aromatic N) is 3. The van der Waals surface area contributed by atoms with Crippen LogP contribution in [0.3, 0.4) is 0 Å². The van der Waals surface area contributed by atoms with Crippen molar-refractivity contribution in [3.63, 3.8) is 0 Å². The molecule has 3 rings (SSSR count). The van der Waals surface area contributed by atoms with E-state index in [1.165, 1.54) is 11.4 Å². The maximum Gasteiger partial charge on any atom is 0.264 e. The molecule has 0 unspecified atom stereocenters. The van der Waals surface area contributed by atoms with Crippen LogP contribution in [0.25, 0.3) is 0 Å². The van der Waals surface area contributed by atoms with E-state index in [9.17, 15) is 13.2 Å². The maximum atomic E-state index is 13.1. The highest BCUT2D eigenvalue weighted by atomic mass is 32.2. The molecule has 0 saturated carbocycles. The van der Waals surface area contributed by atoms with E-state index in [1.54, 1.807) is 53.4 Å². The zero-order valence-electron chi connectivity index (χ0n) is 19.8. The lowest BCUT2D eigenvalue weighted by atomic mass is 10.1. The normalized spacial score (nSPS) is 11.2. The van der Waals surface area contributed by atoms with Gasteiger partial charge in [0.2, 0.25) is 0 Å². The highest BCUT2D eigenvalue weighted by Gasteiger charge is 2.22. The fourth-order valence-electron chi connectivity index (χ4n) is 3.45. The molecule has 174 valence electrons. The summed E-state index contributed by atoms with van der Waals surface area (Å²) in [6.45, 7) is 4.93. The average Bonchev–Trinajstić information content (AvgIpc) is 2.82. The average molecular weight is 466 g/mol. The van der Waals surface area contributed by atoms with E-state index in [0.717, 1.165) is 16.8 Å². The van der Waals surface area contributed by atoms with Gasteiger partial charge < -0.3 is 9.80 Å². The Kier molecular flexibility index (Phi) is 7.43. The molecule has 0 saturated heterocycles. The summed E-state index contributed by atoms with van der Waals surface area (Å²) in [4.78, 5) is 17.1. The standard InChI is InChI=1S/C26H31N3O3S/c1-6-29(19-21-9-13-23(14-10-21)27(3)4)26(30)22-11-15-24(16-12-22)28(5)33(31,32)25-17-7-20(2)8-18-25/h7-18H,6,19H2,1-5H3. The van der Waals surface area contributed by atoms with Crippen molar-refractivity contribution in [1.29, 1.82) is 0 Å². The topological polar surface area (TPSA) is 60.9 Å². The summed E-state index contributed by atoms with van der Waals surface area (Å²) in [5, 5.41) is 0. The van der Waals surface area contributed by atoms with Crippen LogP contribution in [0.2, 0.25) is 0 Å². The molecular formula is C26H31N3O3S. The summed E-state index contributed by atoms with van der Waals surface area (Å²) in [5.41, 5.74) is 4.17. The van der Waals surface area contributed by atoms with Crippen molar-refractivity contribution in [2.45, 2.75) is 25.3 Å². The third kappa shape index (κ3) is 5.54. The van der Waals surface area contributed by atoms with Crippen molar-refractivity contribution in [3.05, 3.63) is 89.5 Å². The number of hydrogen-bond acceptors (Lipinski definition) is 4. The number of benzene rings is 3. The second kappa shape index (κ2) is 10.1. The zero-order valence-corrected chi connectivity index (χ0v) is 20.6. The molecule has 0 aromatic heterocycles. The number of rotatable bonds is 8. The van der Waals surface area contributed by atoms with Gasteiger partial charge in [-0.3, -0.25) is 9.10 Å². The molecule has 0 heterocycles. The van der Waals surface area contributed by atoms with Gasteiger partial charge in [-0.1, -0.05) is 29.8 Å². The first kappa shape index (κ1) is 24.3. The van der Waals surface area contributed by atoms with Crippen molar-refractivity contribution in [2.75, 3.05) is 36.9 Å². The summed E-state index contributed by atoms with van der Waals surface area (Å²) in [6.07, 6.45) is 0. The predicted octanol–water partition coefficient (Wildman–Crippen LogP) is 4.55. The monoisotopic (exact) mass is 465 g/mol. The summed E-state index contributed by atoms with van der Waals surface area (Å²) >= 11 is 0. The SMILES string of the molecule is CCN(Cc1ccc(N(C)C)cc1)C(=O)c1ccc(N(C)S(=O)(=O)c2ccc(C)cc2)cc1. The molecule has 0 radical (unpaired) electrons. The van der Waals surface area contributed by atoms with Crippen LogP contribution < -0.4 is 9.21 Å². The molecule has 6 nitrogen and oxygen atoms in total. The number of hydrogen-bond donors (Lipinski definition) is 0. The van der Waals surface area contributed by atoms with Crippen LogP contribution in [0.4, 0.5) is 11.4 Å². The molecule has 0 aliphatic heterocycles. The Balaban J connectivity index is 1.74. The minimum Gasteiger partial charge on any atom is -0.378 e. The van der Waals surface area contributed by atoms with E-state index in [0.29, 0.717) is 24.3 Å². The van der Waals surface area contributed by atoms with Gasteiger partial charge in [-0.15, -0.1) is 0 Å². The minimum atomic E-state index is -3.68. The lowest BCUT2D eigenvalue weighted by Crippen LogP contribution is -2.30. The van der Waals surface area contributed by atoms with Gasteiger partial charge in [0.1, 0.15) is 0 Å². The van der Waals surface area contributed by atoms with Gasteiger partial charge in [0, 0.05) is 45.5 Å². The summed E-state index contributed by atoms with van der Waals surface area (Å²) in [5.74, 6) is -0.0928. The lowest BCUT2D eigenvalue weighted by molar-refractivity contribution is 0.0752. The van der Waals surface area contributed by atoms with Gasteiger partial charge in [-0.25, -0.2) is 8.42 Å². The molecule has 3 aromatic carbocycles. The number of sulfonamides is 1. The molecule has 7 heteroatoms. The molecule has 0 N–H and O–H groups in total. The Labute approximate surface area is 197 Å². The molecule has 0 atom stereocenters. The summed E-state index contributed by atoms with van der Waals surface area (Å²) < 4.78 is 27.1. The van der Waals surface area contributed by atoms with Crippen molar-refractivity contribution in [2.24, 2.45) is 0 Å². The molecule has 33 heavy (non-hydrogen) atoms. The van der Waals surface area contributed by atoms with Crippen LogP contribution in [0.1, 0.15) is 28.4 Å². The number of aryl methyl sites for hydroxylation is 1. The molecule has 0 aliphatic rings. The molecule has 0 aliphatic carbocycles. The smallest absolute Gasteiger partial charge is 0.264 e. The highest BCUT2D eigenvalue weighted by Crippen LogP contribution is 2.23. The van der Waals surface area contributed by atoms with Crippen LogP contribution in [-0.2, 0) is 16.6 Å². The minimum absolute atomic E-state index is 0.0928. The van der Waals surface area contributed by atoms with Crippen LogP contribution in [0, 0.1) is 6.92 Å². The third-order valence-corrected chi connectivity index (χ3v) is 7.45. The Morgan fingerprint density at radius 1 is 0.788 bits per heavy atom. The van der Waals surface area contributed by atoms with Crippen molar-refractivity contribution >= 4 is 27.3 Å². The summed E-state index contributed by atoms with van der Waals surface area (Å²) in [7, 11) is 1.82. The van der Waals surface area contributed by atoms with E-state index in [2.05, 4.69) is 0 Å². The van der Waals surface area contributed by atoms with Gasteiger partial charge in [0.15, 0.2) is 0 Å². The van der Waals surface area contributed by atoms with Crippen molar-refractivity contribution in [1.82, 2.24) is 4.90 Å². The van der Waals surface area contributed by atoms with E-state index in [1.807, 2.05) is 57.1 Å². The first-order valence-electron chi connectivity index (χ1n) is 10.8. The van der Waals surface area contributed by atoms with Crippen LogP contribution in [0.5, 0.6) is 0 Å². The Hall–Kier alpha value is -3.32. The second-order valence-electron chi connectivity index (χ2n) is 8.21. The molecular weight excluding hydrogens is 434 g/mol. The van der Waals surface area contributed by atoms with E-state index in [-0.39, 0.29) is 10.8 Å². The number of anilines is 2. The van der Waals surface area contributed by atoms with Gasteiger partial charge in [0.05, 0.1) is 10.6 Å². The van der Waals surface area contributed by atoms with Crippen LogP contribution in [0.15, 0.2) is 77.7 Å². The molecule has 0 bridgehead atoms. The third-order valence-electron chi connectivity index (χ3n) is 5.65. The highest BCUT2D eigenvalue weighted by molar-refractivity contribution is 7.92. The molecule has 0 spiro atoms. The Bertz CT molecular complexity index is 1190. The van der Waals surface area contributed by atoms with E-state index >= 15 is 0 Å². The lowest BCUT2D eigenvalue weighted by Gasteiger charge is -2.23. The number of carbonyl (C=O) groups excluding carboxylic acids is 1. The fourth-order valence-corrected chi connectivity index (χ4v) is 4.65. The molecule has 3 aromatic rings. The van der Waals surface area contributed by atoms with Gasteiger partial charge in [0.25, 0.3) is 15.9 Å². The fraction of sp³-hybridized carbons (Fsp3) is 0.269. The maximum absolute atomic E-state index is 13.1. The summed E-state index contributed by atoms with van der Waals surface area (Å²) in [6, 6.07) is 21.6. The van der Waals surface area contributed by atoms with Gasteiger partial charge in [-0.2, -0.15) is 0 Å². The van der Waals surface area contributed by atoms with Crippen molar-refractivity contribution < 1.29 is 13.2 Å². The van der Waals surface area contributed by atoms with E-state index in [4.69, 9.17) is 0 Å². The number of amides is 1. The Morgan fingerprint density at radius 3 is 1.85 bits per heavy atom. The first-order chi connectivity index (χ1) is 15.6. The molecule has 0 fully saturated rings. The van der Waals surface area contributed by atoms with Gasteiger partial charge >= 0.3 is 0 Å². The number of carbonyl (C=O) groups is 1. The van der Waals surface area contributed by atoms with Gasteiger partial charge in [-0.05, 0) is 67.9 Å². The predicted molar refractivity (Wildman–Crippen MR) is 134 cm³/mol. The first-order valence-corrected chi connectivity index (χ1v) is 12.3.